The summed E-state index contributed by atoms with van der Waals surface area (Å²) < 4.78 is 0. The fraction of sp³-hybridized carbons (Fsp3) is 0.500. The van der Waals surface area contributed by atoms with Gasteiger partial charge >= 0.3 is 11.9 Å². The molecule has 3 atom stereocenters. The molecule has 0 aromatic rings. The molecule has 0 aromatic heterocycles. The van der Waals surface area contributed by atoms with Crippen molar-refractivity contribution >= 4 is 41.5 Å². The van der Waals surface area contributed by atoms with Gasteiger partial charge in [-0.1, -0.05) is 0 Å². The molecule has 0 fully saturated rings. The molecule has 3 unspecified atom stereocenters. The number of nitrogens with two attached hydrogens (primary N) is 3. The first-order chi connectivity index (χ1) is 13.3. The van der Waals surface area contributed by atoms with Crippen molar-refractivity contribution in [3.63, 3.8) is 0 Å². The average Bonchev–Trinajstić information content (AvgIpc) is 2.56. The number of hydrogen-bond acceptors (Lipinski definition) is 8. The highest BCUT2D eigenvalue weighted by Gasteiger charge is 2.27. The monoisotopic (exact) mass is 418 g/mol. The first-order valence-corrected chi connectivity index (χ1v) is 7.97. The molecule has 15 heteroatoms. The quantitative estimate of drug-likeness (QED) is 0.141. The summed E-state index contributed by atoms with van der Waals surface area (Å²) in [6.07, 6.45) is -2.11. The van der Waals surface area contributed by atoms with E-state index in [0.29, 0.717) is 0 Å². The van der Waals surface area contributed by atoms with Gasteiger partial charge in [0.2, 0.25) is 29.5 Å². The van der Waals surface area contributed by atoms with Gasteiger partial charge in [-0.05, 0) is 0 Å². The minimum Gasteiger partial charge on any atom is -0.481 e. The van der Waals surface area contributed by atoms with Gasteiger partial charge in [-0.25, -0.2) is 4.79 Å². The van der Waals surface area contributed by atoms with Gasteiger partial charge < -0.3 is 43.4 Å². The molecule has 0 bridgehead atoms. The van der Waals surface area contributed by atoms with E-state index in [-0.39, 0.29) is 0 Å². The number of hydrogen-bond donors (Lipinski definition) is 8. The van der Waals surface area contributed by atoms with Crippen LogP contribution in [0.3, 0.4) is 0 Å². The maximum atomic E-state index is 12.1. The molecule has 0 rings (SSSR count). The van der Waals surface area contributed by atoms with E-state index in [4.69, 9.17) is 27.4 Å². The summed E-state index contributed by atoms with van der Waals surface area (Å²) in [5.74, 6) is -7.97. The topological polar surface area (TPSA) is 274 Å². The van der Waals surface area contributed by atoms with Crippen molar-refractivity contribution in [1.82, 2.24) is 16.0 Å². The molecule has 15 nitrogen and oxygen atoms in total. The van der Waals surface area contributed by atoms with Crippen LogP contribution in [0.1, 0.15) is 19.3 Å². The Kier molecular flexibility index (Phi) is 10.3. The first kappa shape index (κ1) is 25.2. The highest BCUT2D eigenvalue weighted by Crippen LogP contribution is 1.96. The van der Waals surface area contributed by atoms with Crippen LogP contribution in [-0.2, 0) is 33.6 Å². The van der Waals surface area contributed by atoms with Gasteiger partial charge in [0.05, 0.1) is 31.8 Å². The van der Waals surface area contributed by atoms with Crippen molar-refractivity contribution < 1.29 is 43.8 Å². The van der Waals surface area contributed by atoms with Gasteiger partial charge in [0.15, 0.2) is 0 Å². The molecular formula is C14H22N6O9. The van der Waals surface area contributed by atoms with Crippen molar-refractivity contribution in [2.24, 2.45) is 17.2 Å². The first-order valence-electron chi connectivity index (χ1n) is 7.97. The average molecular weight is 418 g/mol. The maximum Gasteiger partial charge on any atom is 0.326 e. The molecule has 0 aliphatic heterocycles. The van der Waals surface area contributed by atoms with Crippen LogP contribution in [0.4, 0.5) is 0 Å². The Balaban J connectivity index is 4.89. The summed E-state index contributed by atoms with van der Waals surface area (Å²) in [7, 11) is 0. The van der Waals surface area contributed by atoms with Crippen molar-refractivity contribution in [1.29, 1.82) is 0 Å². The molecule has 0 aliphatic rings. The van der Waals surface area contributed by atoms with Crippen molar-refractivity contribution in [3.8, 4) is 0 Å². The third-order valence-corrected chi connectivity index (χ3v) is 3.23. The molecular weight excluding hydrogens is 396 g/mol. The fourth-order valence-corrected chi connectivity index (χ4v) is 1.91. The summed E-state index contributed by atoms with van der Waals surface area (Å²) in [4.78, 5) is 79.0. The predicted octanol–water partition coefficient (Wildman–Crippen LogP) is -5.29. The third kappa shape index (κ3) is 10.9. The molecule has 11 N–H and O–H groups in total. The van der Waals surface area contributed by atoms with Crippen LogP contribution in [0.15, 0.2) is 0 Å². The van der Waals surface area contributed by atoms with Crippen LogP contribution in [-0.4, -0.2) is 76.4 Å². The lowest BCUT2D eigenvalue weighted by Gasteiger charge is -2.19. The Morgan fingerprint density at radius 3 is 1.72 bits per heavy atom. The number of rotatable bonds is 13. The molecule has 29 heavy (non-hydrogen) atoms. The fourth-order valence-electron chi connectivity index (χ4n) is 1.91. The molecule has 0 spiro atoms. The zero-order valence-electron chi connectivity index (χ0n) is 15.0. The Morgan fingerprint density at radius 1 is 0.759 bits per heavy atom. The zero-order valence-corrected chi connectivity index (χ0v) is 15.0. The maximum absolute atomic E-state index is 12.1. The van der Waals surface area contributed by atoms with E-state index in [1.165, 1.54) is 0 Å². The predicted molar refractivity (Wildman–Crippen MR) is 92.4 cm³/mol. The number of nitrogens with one attached hydrogen (secondary N) is 3. The van der Waals surface area contributed by atoms with Crippen molar-refractivity contribution in [3.05, 3.63) is 0 Å². The Hall–Kier alpha value is -3.75. The zero-order chi connectivity index (χ0) is 22.7. The van der Waals surface area contributed by atoms with Gasteiger partial charge in [0, 0.05) is 0 Å². The molecule has 0 saturated heterocycles. The van der Waals surface area contributed by atoms with Crippen LogP contribution in [0, 0.1) is 0 Å². The number of primary amides is 2. The highest BCUT2D eigenvalue weighted by atomic mass is 16.4. The van der Waals surface area contributed by atoms with E-state index in [1.54, 1.807) is 0 Å². The normalized spacial score (nSPS) is 13.3. The van der Waals surface area contributed by atoms with E-state index >= 15 is 0 Å². The summed E-state index contributed by atoms with van der Waals surface area (Å²) in [6.45, 7) is -0.770. The van der Waals surface area contributed by atoms with Gasteiger partial charge in [0.1, 0.15) is 12.1 Å². The third-order valence-electron chi connectivity index (χ3n) is 3.23. The molecule has 5 amide bonds. The van der Waals surface area contributed by atoms with E-state index in [2.05, 4.69) is 0 Å². The molecule has 162 valence electrons. The van der Waals surface area contributed by atoms with Crippen LogP contribution in [0.5, 0.6) is 0 Å². The second-order valence-electron chi connectivity index (χ2n) is 5.78. The van der Waals surface area contributed by atoms with Crippen molar-refractivity contribution in [2.75, 3.05) is 6.54 Å². The largest absolute Gasteiger partial charge is 0.481 e. The lowest BCUT2D eigenvalue weighted by molar-refractivity contribution is -0.143. The summed E-state index contributed by atoms with van der Waals surface area (Å²) in [6, 6.07) is -4.69. The number of carbonyl (C=O) groups is 7. The van der Waals surface area contributed by atoms with Crippen LogP contribution in [0.25, 0.3) is 0 Å². The van der Waals surface area contributed by atoms with Gasteiger partial charge in [-0.2, -0.15) is 0 Å². The van der Waals surface area contributed by atoms with E-state index in [1.807, 2.05) is 16.0 Å². The molecule has 0 saturated carbocycles. The number of aliphatic carboxylic acids is 2. The van der Waals surface area contributed by atoms with E-state index in [0.717, 1.165) is 0 Å². The minimum atomic E-state index is -1.62. The molecule has 0 aliphatic carbocycles. The van der Waals surface area contributed by atoms with Crippen LogP contribution in [0.2, 0.25) is 0 Å². The van der Waals surface area contributed by atoms with Gasteiger partial charge in [0.25, 0.3) is 0 Å². The Bertz CT molecular complexity index is 695. The lowest BCUT2D eigenvalue weighted by Crippen LogP contribution is -2.54. The van der Waals surface area contributed by atoms with Crippen LogP contribution < -0.4 is 33.2 Å². The van der Waals surface area contributed by atoms with Gasteiger partial charge in [-0.15, -0.1) is 0 Å². The van der Waals surface area contributed by atoms with Gasteiger partial charge in [-0.3, -0.25) is 28.8 Å². The van der Waals surface area contributed by atoms with E-state index in [9.17, 15) is 33.6 Å². The SMILES string of the molecule is NC(=O)CC(NC(=O)CNC(=O)C(CC(N)=O)NC(=O)C(N)CC(=O)O)C(=O)O. The second kappa shape index (κ2) is 11.9. The minimum absolute atomic E-state index is 0.682. The van der Waals surface area contributed by atoms with Crippen molar-refractivity contribution in [2.45, 2.75) is 37.4 Å². The number of carboxylic acid groups (broad SMARTS) is 2. The number of carboxylic acids is 2. The number of carbonyl (C=O) groups excluding carboxylic acids is 5. The molecule has 0 heterocycles. The standard InChI is InChI=1S/C14H22N6O9/c15-5(1-11(24)25)12(26)20-6(2-8(16)21)13(27)18-4-10(23)19-7(14(28)29)3-9(17)22/h5-7H,1-4,15H2,(H2,16,21)(H2,17,22)(H,18,27)(H,19,23)(H,20,26)(H,24,25)(H,28,29). The smallest absolute Gasteiger partial charge is 0.326 e. The van der Waals surface area contributed by atoms with E-state index < -0.39 is 85.4 Å². The molecule has 0 radical (unpaired) electrons. The van der Waals surface area contributed by atoms with Crippen LogP contribution >= 0.6 is 0 Å². The lowest BCUT2D eigenvalue weighted by atomic mass is 10.1. The second-order valence-corrected chi connectivity index (χ2v) is 5.78. The Morgan fingerprint density at radius 2 is 1.28 bits per heavy atom. The summed E-state index contributed by atoms with van der Waals surface area (Å²) in [5.41, 5.74) is 15.2. The Labute approximate surface area is 163 Å². The highest BCUT2D eigenvalue weighted by molar-refractivity contribution is 5.96. The molecule has 0 aromatic carbocycles. The summed E-state index contributed by atoms with van der Waals surface area (Å²) >= 11 is 0. The number of amides is 5. The summed E-state index contributed by atoms with van der Waals surface area (Å²) in [5, 5.41) is 23.5.